The molecule has 0 radical (unpaired) electrons. The van der Waals surface area contributed by atoms with Crippen LogP contribution >= 0.6 is 23.2 Å². The van der Waals surface area contributed by atoms with Gasteiger partial charge >= 0.3 is 0 Å². The molecule has 36 heavy (non-hydrogen) atoms. The van der Waals surface area contributed by atoms with E-state index in [1.54, 1.807) is 0 Å². The minimum atomic E-state index is 0.220. The van der Waals surface area contributed by atoms with E-state index in [2.05, 4.69) is 116 Å². The lowest BCUT2D eigenvalue weighted by Gasteiger charge is -2.34. The minimum absolute atomic E-state index is 0.220. The average Bonchev–Trinajstić information content (AvgIpc) is 2.93. The normalized spacial score (nSPS) is 12.9. The SMILES string of the molecule is CC(C(Cc1ccc(-c2ccccc2)cc1)c1ccc(Cl)c(Cl)c1)N(C)c1ccc2ccccc2c1. The number of anilines is 1. The van der Waals surface area contributed by atoms with Crippen molar-refractivity contribution in [3.05, 3.63) is 136 Å². The van der Waals surface area contributed by atoms with Crippen molar-refractivity contribution in [1.82, 2.24) is 0 Å². The first kappa shape index (κ1) is 24.4. The zero-order valence-electron chi connectivity index (χ0n) is 20.5. The van der Waals surface area contributed by atoms with Gasteiger partial charge < -0.3 is 4.90 Å². The van der Waals surface area contributed by atoms with Crippen LogP contribution in [-0.2, 0) is 6.42 Å². The van der Waals surface area contributed by atoms with Gasteiger partial charge in [0.05, 0.1) is 10.0 Å². The van der Waals surface area contributed by atoms with E-state index in [0.717, 1.165) is 6.42 Å². The standard InChI is InChI=1S/C33H29Cl2N/c1-23(36(2)30-18-16-26-10-6-7-11-28(26)21-30)31(29-17-19-32(34)33(35)22-29)20-24-12-14-27(15-13-24)25-8-4-3-5-9-25/h3-19,21-23,31H,20H2,1-2H3. The zero-order chi connectivity index (χ0) is 25.1. The van der Waals surface area contributed by atoms with Gasteiger partial charge in [0.1, 0.15) is 0 Å². The molecule has 2 unspecified atom stereocenters. The molecule has 0 amide bonds. The molecule has 5 aromatic carbocycles. The number of hydrogen-bond donors (Lipinski definition) is 0. The number of benzene rings is 5. The number of hydrogen-bond acceptors (Lipinski definition) is 1. The van der Waals surface area contributed by atoms with Gasteiger partial charge in [0, 0.05) is 24.7 Å². The summed E-state index contributed by atoms with van der Waals surface area (Å²) < 4.78 is 0. The predicted molar refractivity (Wildman–Crippen MR) is 157 cm³/mol. The van der Waals surface area contributed by atoms with E-state index in [-0.39, 0.29) is 12.0 Å². The van der Waals surface area contributed by atoms with E-state index in [1.165, 1.54) is 38.7 Å². The fourth-order valence-electron chi connectivity index (χ4n) is 4.93. The quantitative estimate of drug-likeness (QED) is 0.211. The molecule has 5 rings (SSSR count). The Morgan fingerprint density at radius 2 is 1.31 bits per heavy atom. The van der Waals surface area contributed by atoms with Crippen molar-refractivity contribution in [2.24, 2.45) is 0 Å². The molecular weight excluding hydrogens is 481 g/mol. The van der Waals surface area contributed by atoms with E-state index >= 15 is 0 Å². The Hall–Kier alpha value is -3.26. The fourth-order valence-corrected chi connectivity index (χ4v) is 5.24. The Kier molecular flexibility index (Phi) is 7.32. The van der Waals surface area contributed by atoms with Crippen molar-refractivity contribution >= 4 is 39.7 Å². The Morgan fingerprint density at radius 1 is 0.639 bits per heavy atom. The van der Waals surface area contributed by atoms with Crippen molar-refractivity contribution in [3.8, 4) is 11.1 Å². The monoisotopic (exact) mass is 509 g/mol. The first-order valence-electron chi connectivity index (χ1n) is 12.3. The molecule has 0 fully saturated rings. The number of fused-ring (bicyclic) bond motifs is 1. The van der Waals surface area contributed by atoms with Gasteiger partial charge in [-0.25, -0.2) is 0 Å². The van der Waals surface area contributed by atoms with Crippen molar-refractivity contribution in [1.29, 1.82) is 0 Å². The molecule has 0 aliphatic heterocycles. The summed E-state index contributed by atoms with van der Waals surface area (Å²) in [5, 5.41) is 3.68. The average molecular weight is 511 g/mol. The summed E-state index contributed by atoms with van der Waals surface area (Å²) >= 11 is 12.7. The maximum absolute atomic E-state index is 6.47. The molecule has 0 bridgehead atoms. The lowest BCUT2D eigenvalue weighted by molar-refractivity contribution is 0.540. The molecule has 0 saturated carbocycles. The Balaban J connectivity index is 1.46. The van der Waals surface area contributed by atoms with E-state index in [9.17, 15) is 0 Å². The van der Waals surface area contributed by atoms with Crippen molar-refractivity contribution in [3.63, 3.8) is 0 Å². The summed E-state index contributed by atoms with van der Waals surface area (Å²) in [4.78, 5) is 2.37. The highest BCUT2D eigenvalue weighted by atomic mass is 35.5. The Bertz CT molecular complexity index is 1460. The zero-order valence-corrected chi connectivity index (χ0v) is 22.0. The first-order valence-corrected chi connectivity index (χ1v) is 13.1. The van der Waals surface area contributed by atoms with Crippen LogP contribution in [0.25, 0.3) is 21.9 Å². The van der Waals surface area contributed by atoms with Gasteiger partial charge in [0.15, 0.2) is 0 Å². The van der Waals surface area contributed by atoms with Crippen LogP contribution in [0.3, 0.4) is 0 Å². The second-order valence-electron chi connectivity index (χ2n) is 9.43. The molecule has 3 heteroatoms. The van der Waals surface area contributed by atoms with Gasteiger partial charge in [-0.1, -0.05) is 114 Å². The van der Waals surface area contributed by atoms with Gasteiger partial charge in [0.25, 0.3) is 0 Å². The van der Waals surface area contributed by atoms with Crippen molar-refractivity contribution in [2.45, 2.75) is 25.3 Å². The smallest absolute Gasteiger partial charge is 0.0595 e. The lowest BCUT2D eigenvalue weighted by Crippen LogP contribution is -2.35. The Morgan fingerprint density at radius 3 is 2.03 bits per heavy atom. The van der Waals surface area contributed by atoms with Crippen LogP contribution in [-0.4, -0.2) is 13.1 Å². The first-order chi connectivity index (χ1) is 17.5. The summed E-state index contributed by atoms with van der Waals surface area (Å²) in [6, 6.07) is 40.9. The van der Waals surface area contributed by atoms with Crippen LogP contribution in [0.5, 0.6) is 0 Å². The second-order valence-corrected chi connectivity index (χ2v) is 10.2. The maximum Gasteiger partial charge on any atom is 0.0595 e. The number of rotatable bonds is 7. The highest BCUT2D eigenvalue weighted by Crippen LogP contribution is 2.34. The van der Waals surface area contributed by atoms with Gasteiger partial charge in [-0.2, -0.15) is 0 Å². The van der Waals surface area contributed by atoms with Crippen LogP contribution in [0.15, 0.2) is 115 Å². The molecule has 0 aliphatic carbocycles. The van der Waals surface area contributed by atoms with Gasteiger partial charge in [-0.15, -0.1) is 0 Å². The van der Waals surface area contributed by atoms with Gasteiger partial charge in [-0.05, 0) is 70.6 Å². The molecule has 0 saturated heterocycles. The van der Waals surface area contributed by atoms with Crippen LogP contribution in [0, 0.1) is 0 Å². The number of likely N-dealkylation sites (N-methyl/N-ethyl adjacent to an activating group) is 1. The third-order valence-corrected chi connectivity index (χ3v) is 7.96. The lowest BCUT2D eigenvalue weighted by atomic mass is 9.85. The second kappa shape index (κ2) is 10.8. The topological polar surface area (TPSA) is 3.24 Å². The molecule has 0 aromatic heterocycles. The highest BCUT2D eigenvalue weighted by molar-refractivity contribution is 6.42. The molecule has 0 aliphatic rings. The molecular formula is C33H29Cl2N. The molecule has 180 valence electrons. The highest BCUT2D eigenvalue weighted by Gasteiger charge is 2.25. The van der Waals surface area contributed by atoms with Crippen LogP contribution < -0.4 is 4.90 Å². The third kappa shape index (κ3) is 5.28. The van der Waals surface area contributed by atoms with Gasteiger partial charge in [0.2, 0.25) is 0 Å². The predicted octanol–water partition coefficient (Wildman–Crippen LogP) is 9.66. The van der Waals surface area contributed by atoms with Gasteiger partial charge in [-0.3, -0.25) is 0 Å². The van der Waals surface area contributed by atoms with E-state index < -0.39 is 0 Å². The summed E-state index contributed by atoms with van der Waals surface area (Å²) in [6.45, 7) is 2.29. The number of nitrogens with zero attached hydrogens (tertiary/aromatic N) is 1. The van der Waals surface area contributed by atoms with Crippen LogP contribution in [0.1, 0.15) is 24.0 Å². The summed E-state index contributed by atoms with van der Waals surface area (Å²) in [7, 11) is 2.18. The molecule has 1 nitrogen and oxygen atoms in total. The summed E-state index contributed by atoms with van der Waals surface area (Å²) in [6.07, 6.45) is 0.895. The number of halogens is 2. The summed E-state index contributed by atoms with van der Waals surface area (Å²) in [5.74, 6) is 0.221. The fraction of sp³-hybridized carbons (Fsp3) is 0.152. The molecule has 0 N–H and O–H groups in total. The van der Waals surface area contributed by atoms with E-state index in [1.807, 2.05) is 18.2 Å². The third-order valence-electron chi connectivity index (χ3n) is 7.22. The molecule has 0 heterocycles. The van der Waals surface area contributed by atoms with E-state index in [0.29, 0.717) is 10.0 Å². The van der Waals surface area contributed by atoms with Crippen LogP contribution in [0.4, 0.5) is 5.69 Å². The molecule has 5 aromatic rings. The largest absolute Gasteiger partial charge is 0.371 e. The summed E-state index contributed by atoms with van der Waals surface area (Å²) in [5.41, 5.74) is 6.15. The van der Waals surface area contributed by atoms with E-state index in [4.69, 9.17) is 23.2 Å². The minimum Gasteiger partial charge on any atom is -0.371 e. The van der Waals surface area contributed by atoms with Crippen molar-refractivity contribution < 1.29 is 0 Å². The van der Waals surface area contributed by atoms with Crippen LogP contribution in [0.2, 0.25) is 10.0 Å². The maximum atomic E-state index is 6.47. The van der Waals surface area contributed by atoms with Crippen molar-refractivity contribution in [2.75, 3.05) is 11.9 Å². The Labute approximate surface area is 223 Å². The molecule has 0 spiro atoms. The molecule has 2 atom stereocenters.